The van der Waals surface area contributed by atoms with Gasteiger partial charge in [0.05, 0.1) is 15.8 Å². The Balaban J connectivity index is 1.82. The highest BCUT2D eigenvalue weighted by atomic mass is 32.1. The Morgan fingerprint density at radius 3 is 2.57 bits per heavy atom. The van der Waals surface area contributed by atoms with Crippen LogP contribution in [-0.4, -0.2) is 9.55 Å². The summed E-state index contributed by atoms with van der Waals surface area (Å²) in [5, 5.41) is 10.5. The van der Waals surface area contributed by atoms with Crippen LogP contribution in [0.3, 0.4) is 0 Å². The van der Waals surface area contributed by atoms with E-state index in [9.17, 15) is 5.26 Å². The van der Waals surface area contributed by atoms with Crippen LogP contribution in [0.1, 0.15) is 33.1 Å². The van der Waals surface area contributed by atoms with Crippen molar-refractivity contribution in [1.29, 1.82) is 5.26 Å². The highest BCUT2D eigenvalue weighted by molar-refractivity contribution is 7.19. The number of aryl methyl sites for hydroxylation is 3. The largest absolute Gasteiger partial charge is 0.318 e. The zero-order chi connectivity index (χ0) is 19.8. The number of para-hydroxylation sites is 1. The SMILES string of the molecule is Cc1ccc(-n2c(C)cc(C=C(C#N)c3nc4ccccc4s3)c2C)c(C)c1. The van der Waals surface area contributed by atoms with Crippen molar-refractivity contribution in [2.24, 2.45) is 0 Å². The summed E-state index contributed by atoms with van der Waals surface area (Å²) in [6.07, 6.45) is 1.96. The van der Waals surface area contributed by atoms with E-state index in [0.29, 0.717) is 5.57 Å². The highest BCUT2D eigenvalue weighted by Gasteiger charge is 2.14. The van der Waals surface area contributed by atoms with Crippen LogP contribution in [0, 0.1) is 39.0 Å². The van der Waals surface area contributed by atoms with E-state index in [1.54, 1.807) is 11.3 Å². The monoisotopic (exact) mass is 383 g/mol. The molecule has 0 saturated heterocycles. The quantitative estimate of drug-likeness (QED) is 0.385. The molecule has 0 bridgehead atoms. The van der Waals surface area contributed by atoms with E-state index in [0.717, 1.165) is 32.2 Å². The van der Waals surface area contributed by atoms with E-state index in [4.69, 9.17) is 0 Å². The first kappa shape index (κ1) is 18.2. The van der Waals surface area contributed by atoms with Gasteiger partial charge in [0.1, 0.15) is 11.1 Å². The number of allylic oxidation sites excluding steroid dienone is 1. The van der Waals surface area contributed by atoms with Crippen molar-refractivity contribution < 1.29 is 0 Å². The summed E-state index contributed by atoms with van der Waals surface area (Å²) in [7, 11) is 0. The van der Waals surface area contributed by atoms with Gasteiger partial charge in [-0.3, -0.25) is 0 Å². The van der Waals surface area contributed by atoms with Gasteiger partial charge in [0.15, 0.2) is 0 Å². The van der Waals surface area contributed by atoms with Crippen molar-refractivity contribution in [2.75, 3.05) is 0 Å². The highest BCUT2D eigenvalue weighted by Crippen LogP contribution is 2.30. The van der Waals surface area contributed by atoms with Crippen LogP contribution in [0.5, 0.6) is 0 Å². The average molecular weight is 384 g/mol. The molecule has 0 N–H and O–H groups in total. The number of hydrogen-bond acceptors (Lipinski definition) is 3. The number of thiazole rings is 1. The minimum Gasteiger partial charge on any atom is -0.318 e. The lowest BCUT2D eigenvalue weighted by atomic mass is 10.1. The number of benzene rings is 2. The number of fused-ring (bicyclic) bond motifs is 1. The van der Waals surface area contributed by atoms with Crippen molar-refractivity contribution in [3.8, 4) is 11.8 Å². The number of aromatic nitrogens is 2. The molecule has 2 aromatic heterocycles. The summed E-state index contributed by atoms with van der Waals surface area (Å²) in [5.74, 6) is 0. The summed E-state index contributed by atoms with van der Waals surface area (Å²) in [4.78, 5) is 4.64. The van der Waals surface area contributed by atoms with Crippen LogP contribution in [-0.2, 0) is 0 Å². The fraction of sp³-hybridized carbons (Fsp3) is 0.167. The predicted octanol–water partition coefficient (Wildman–Crippen LogP) is 6.38. The summed E-state index contributed by atoms with van der Waals surface area (Å²) in [5.41, 5.74) is 8.53. The van der Waals surface area contributed by atoms with Crippen LogP contribution < -0.4 is 0 Å². The average Bonchev–Trinajstić information content (AvgIpc) is 3.21. The Morgan fingerprint density at radius 2 is 1.86 bits per heavy atom. The Hall–Kier alpha value is -3.16. The summed E-state index contributed by atoms with van der Waals surface area (Å²) in [6, 6.07) is 19.0. The van der Waals surface area contributed by atoms with Gasteiger partial charge in [0.25, 0.3) is 0 Å². The van der Waals surface area contributed by atoms with Gasteiger partial charge in [-0.1, -0.05) is 29.8 Å². The number of nitrogens with zero attached hydrogens (tertiary/aromatic N) is 3. The van der Waals surface area contributed by atoms with Gasteiger partial charge in [-0.2, -0.15) is 5.26 Å². The first-order valence-electron chi connectivity index (χ1n) is 9.22. The zero-order valence-corrected chi connectivity index (χ0v) is 17.3. The molecule has 138 valence electrons. The molecule has 0 saturated carbocycles. The summed E-state index contributed by atoms with van der Waals surface area (Å²) < 4.78 is 3.35. The third-order valence-electron chi connectivity index (χ3n) is 5.01. The Bertz CT molecular complexity index is 1230. The van der Waals surface area contributed by atoms with Crippen LogP contribution in [0.4, 0.5) is 0 Å². The van der Waals surface area contributed by atoms with Gasteiger partial charge in [-0.15, -0.1) is 11.3 Å². The Morgan fingerprint density at radius 1 is 1.07 bits per heavy atom. The van der Waals surface area contributed by atoms with Crippen LogP contribution >= 0.6 is 11.3 Å². The van der Waals surface area contributed by atoms with Crippen LogP contribution in [0.15, 0.2) is 48.5 Å². The molecule has 0 aliphatic heterocycles. The predicted molar refractivity (Wildman–Crippen MR) is 118 cm³/mol. The van der Waals surface area contributed by atoms with Gasteiger partial charge in [-0.25, -0.2) is 4.98 Å². The summed E-state index contributed by atoms with van der Waals surface area (Å²) in [6.45, 7) is 8.45. The molecule has 4 aromatic rings. The number of hydrogen-bond donors (Lipinski definition) is 0. The van der Waals surface area contributed by atoms with E-state index >= 15 is 0 Å². The molecule has 4 heteroatoms. The molecule has 0 fully saturated rings. The van der Waals surface area contributed by atoms with Gasteiger partial charge in [0.2, 0.25) is 0 Å². The van der Waals surface area contributed by atoms with Crippen molar-refractivity contribution in [3.63, 3.8) is 0 Å². The molecule has 0 spiro atoms. The molecular formula is C24H21N3S. The van der Waals surface area contributed by atoms with Crippen molar-refractivity contribution >= 4 is 33.2 Å². The second-order valence-electron chi connectivity index (χ2n) is 7.11. The first-order valence-corrected chi connectivity index (χ1v) is 10.0. The third kappa shape index (κ3) is 3.15. The Labute approximate surface area is 169 Å². The molecule has 28 heavy (non-hydrogen) atoms. The molecule has 0 amide bonds. The third-order valence-corrected chi connectivity index (χ3v) is 6.08. The van der Waals surface area contributed by atoms with Crippen LogP contribution in [0.25, 0.3) is 27.6 Å². The normalized spacial score (nSPS) is 11.8. The minimum atomic E-state index is 0.599. The smallest absolute Gasteiger partial charge is 0.135 e. The minimum absolute atomic E-state index is 0.599. The van der Waals surface area contributed by atoms with E-state index in [-0.39, 0.29) is 0 Å². The summed E-state index contributed by atoms with van der Waals surface area (Å²) >= 11 is 1.56. The fourth-order valence-corrected chi connectivity index (χ4v) is 4.58. The molecular weight excluding hydrogens is 362 g/mol. The van der Waals surface area contributed by atoms with E-state index in [1.807, 2.05) is 30.3 Å². The maximum Gasteiger partial charge on any atom is 0.135 e. The molecule has 0 atom stereocenters. The van der Waals surface area contributed by atoms with Gasteiger partial charge in [0, 0.05) is 17.1 Å². The molecule has 0 radical (unpaired) electrons. The molecule has 4 rings (SSSR count). The maximum absolute atomic E-state index is 9.77. The van der Waals surface area contributed by atoms with Gasteiger partial charge in [-0.05, 0) is 69.2 Å². The lowest BCUT2D eigenvalue weighted by Crippen LogP contribution is -2.01. The molecule has 3 nitrogen and oxygen atoms in total. The number of rotatable bonds is 3. The maximum atomic E-state index is 9.77. The fourth-order valence-electron chi connectivity index (χ4n) is 3.65. The standard InChI is InChI=1S/C24H21N3S/c1-15-9-10-22(16(2)11-15)27-17(3)12-19(18(27)4)13-20(14-25)24-26-21-7-5-6-8-23(21)28-24/h5-13H,1-4H3. The second-order valence-corrected chi connectivity index (χ2v) is 8.14. The lowest BCUT2D eigenvalue weighted by molar-refractivity contribution is 0.952. The molecule has 2 aromatic carbocycles. The van der Waals surface area contributed by atoms with E-state index in [2.05, 4.69) is 67.6 Å². The van der Waals surface area contributed by atoms with Crippen LogP contribution in [0.2, 0.25) is 0 Å². The van der Waals surface area contributed by atoms with Gasteiger partial charge >= 0.3 is 0 Å². The van der Waals surface area contributed by atoms with E-state index < -0.39 is 0 Å². The molecule has 0 aliphatic carbocycles. The topological polar surface area (TPSA) is 41.6 Å². The van der Waals surface area contributed by atoms with Crippen molar-refractivity contribution in [1.82, 2.24) is 9.55 Å². The van der Waals surface area contributed by atoms with Crippen molar-refractivity contribution in [3.05, 3.63) is 81.6 Å². The lowest BCUT2D eigenvalue weighted by Gasteiger charge is -2.13. The molecule has 0 unspecified atom stereocenters. The Kier molecular flexibility index (Phi) is 4.62. The van der Waals surface area contributed by atoms with Crippen molar-refractivity contribution in [2.45, 2.75) is 27.7 Å². The first-order chi connectivity index (χ1) is 13.5. The van der Waals surface area contributed by atoms with E-state index in [1.165, 1.54) is 16.8 Å². The zero-order valence-electron chi connectivity index (χ0n) is 16.4. The number of nitriles is 1. The molecule has 0 aliphatic rings. The van der Waals surface area contributed by atoms with Gasteiger partial charge < -0.3 is 4.57 Å². The second kappa shape index (κ2) is 7.10. The molecule has 2 heterocycles.